The average Bonchev–Trinajstić information content (AvgIpc) is 3.42. The Kier molecular flexibility index (Phi) is 8.22. The van der Waals surface area contributed by atoms with E-state index in [2.05, 4.69) is 17.1 Å². The highest BCUT2D eigenvalue weighted by Gasteiger charge is 2.42. The third-order valence-electron chi connectivity index (χ3n) is 7.07. The number of ether oxygens (including phenoxy) is 1. The van der Waals surface area contributed by atoms with Crippen LogP contribution in [0.1, 0.15) is 71.1 Å². The average molecular weight is 407 g/mol. The van der Waals surface area contributed by atoms with Gasteiger partial charge in [0, 0.05) is 40.3 Å². The molecule has 0 atom stereocenters. The largest absolute Gasteiger partial charge is 0.378 e. The molecule has 0 aromatic carbocycles. The molecule has 0 aromatic rings. The normalized spacial score (nSPS) is 23.6. The number of carbonyl (C=O) groups is 1. The van der Waals surface area contributed by atoms with Gasteiger partial charge in [-0.2, -0.15) is 0 Å². The first-order valence-corrected chi connectivity index (χ1v) is 11.9. The van der Waals surface area contributed by atoms with E-state index in [1.54, 1.807) is 4.90 Å². The zero-order valence-electron chi connectivity index (χ0n) is 18.9. The van der Waals surface area contributed by atoms with Gasteiger partial charge in [-0.3, -0.25) is 9.79 Å². The van der Waals surface area contributed by atoms with Crippen LogP contribution in [0.15, 0.2) is 4.99 Å². The van der Waals surface area contributed by atoms with Crippen LogP contribution in [0, 0.1) is 11.3 Å². The van der Waals surface area contributed by atoms with Gasteiger partial charge in [0.25, 0.3) is 0 Å². The number of carbonyl (C=O) groups excluding carboxylic acids is 1. The Labute approximate surface area is 177 Å². The van der Waals surface area contributed by atoms with Gasteiger partial charge < -0.3 is 19.9 Å². The number of hydrogen-bond donors (Lipinski definition) is 1. The third kappa shape index (κ3) is 5.87. The Morgan fingerprint density at radius 2 is 1.76 bits per heavy atom. The van der Waals surface area contributed by atoms with Crippen LogP contribution in [0.2, 0.25) is 0 Å². The molecule has 0 aromatic heterocycles. The van der Waals surface area contributed by atoms with Crippen LogP contribution in [0.3, 0.4) is 0 Å². The lowest BCUT2D eigenvalue weighted by atomic mass is 9.85. The topological polar surface area (TPSA) is 57.2 Å². The minimum absolute atomic E-state index is 0.244. The SMILES string of the molecule is CCNC(=NCC1(C(=O)N(C)C)CCCC1)N1CCC(OCC2CCCC2)CC1. The highest BCUT2D eigenvalue weighted by molar-refractivity contribution is 5.84. The molecular weight excluding hydrogens is 364 g/mol. The maximum Gasteiger partial charge on any atom is 0.230 e. The lowest BCUT2D eigenvalue weighted by Crippen LogP contribution is -2.48. The van der Waals surface area contributed by atoms with Crippen molar-refractivity contribution < 1.29 is 9.53 Å². The molecule has 166 valence electrons. The molecule has 3 aliphatic rings. The van der Waals surface area contributed by atoms with Crippen LogP contribution in [-0.4, -0.2) is 74.7 Å². The summed E-state index contributed by atoms with van der Waals surface area (Å²) < 4.78 is 6.23. The summed E-state index contributed by atoms with van der Waals surface area (Å²) in [5, 5.41) is 3.46. The standard InChI is InChI=1S/C23H42N4O2/c1-4-24-22(25-18-23(13-7-8-14-23)21(28)26(2)3)27-15-11-20(12-16-27)29-17-19-9-5-6-10-19/h19-20H,4-18H2,1-3H3,(H,24,25). The Balaban J connectivity index is 1.54. The van der Waals surface area contributed by atoms with E-state index in [4.69, 9.17) is 9.73 Å². The van der Waals surface area contributed by atoms with Crippen LogP contribution in [-0.2, 0) is 9.53 Å². The summed E-state index contributed by atoms with van der Waals surface area (Å²) in [6, 6.07) is 0. The van der Waals surface area contributed by atoms with E-state index in [0.29, 0.717) is 12.6 Å². The van der Waals surface area contributed by atoms with Crippen LogP contribution in [0.4, 0.5) is 0 Å². The second-order valence-corrected chi connectivity index (χ2v) is 9.53. The van der Waals surface area contributed by atoms with Crippen molar-refractivity contribution in [1.29, 1.82) is 0 Å². The molecule has 3 fully saturated rings. The van der Waals surface area contributed by atoms with E-state index in [-0.39, 0.29) is 11.3 Å². The van der Waals surface area contributed by atoms with Crippen LogP contribution in [0.5, 0.6) is 0 Å². The number of aliphatic imine (C=N–C) groups is 1. The van der Waals surface area contributed by atoms with E-state index >= 15 is 0 Å². The van der Waals surface area contributed by atoms with Gasteiger partial charge in [0.15, 0.2) is 5.96 Å². The van der Waals surface area contributed by atoms with Crippen molar-refractivity contribution in [3.8, 4) is 0 Å². The number of nitrogens with one attached hydrogen (secondary N) is 1. The number of nitrogens with zero attached hydrogens (tertiary/aromatic N) is 3. The summed E-state index contributed by atoms with van der Waals surface area (Å²) in [7, 11) is 3.74. The van der Waals surface area contributed by atoms with Crippen molar-refractivity contribution in [3.05, 3.63) is 0 Å². The minimum Gasteiger partial charge on any atom is -0.378 e. The maximum absolute atomic E-state index is 12.8. The lowest BCUT2D eigenvalue weighted by molar-refractivity contribution is -0.138. The molecule has 0 spiro atoms. The Bertz CT molecular complexity index is 543. The highest BCUT2D eigenvalue weighted by atomic mass is 16.5. The van der Waals surface area contributed by atoms with Crippen molar-refractivity contribution in [2.24, 2.45) is 16.3 Å². The lowest BCUT2D eigenvalue weighted by Gasteiger charge is -2.35. The molecule has 1 saturated heterocycles. The molecular formula is C23H42N4O2. The van der Waals surface area contributed by atoms with E-state index in [1.165, 1.54) is 25.7 Å². The van der Waals surface area contributed by atoms with E-state index in [1.807, 2.05) is 14.1 Å². The summed E-state index contributed by atoms with van der Waals surface area (Å²) in [5.74, 6) is 2.01. The molecule has 0 radical (unpaired) electrons. The van der Waals surface area contributed by atoms with Crippen molar-refractivity contribution in [2.75, 3.05) is 46.9 Å². The zero-order chi connectivity index (χ0) is 20.7. The number of hydrogen-bond acceptors (Lipinski definition) is 3. The fourth-order valence-electron chi connectivity index (χ4n) is 5.30. The molecule has 3 rings (SSSR count). The third-order valence-corrected chi connectivity index (χ3v) is 7.07. The van der Waals surface area contributed by atoms with Crippen molar-refractivity contribution >= 4 is 11.9 Å². The van der Waals surface area contributed by atoms with Crippen molar-refractivity contribution in [1.82, 2.24) is 15.1 Å². The van der Waals surface area contributed by atoms with Gasteiger partial charge in [-0.25, -0.2) is 0 Å². The monoisotopic (exact) mass is 406 g/mol. The van der Waals surface area contributed by atoms with Crippen LogP contribution < -0.4 is 5.32 Å². The molecule has 1 heterocycles. The number of likely N-dealkylation sites (tertiary alicyclic amines) is 1. The Morgan fingerprint density at radius 1 is 1.10 bits per heavy atom. The first kappa shape index (κ1) is 22.4. The summed E-state index contributed by atoms with van der Waals surface area (Å²) in [4.78, 5) is 21.9. The first-order chi connectivity index (χ1) is 14.0. The Morgan fingerprint density at radius 3 is 2.34 bits per heavy atom. The molecule has 2 saturated carbocycles. The summed E-state index contributed by atoms with van der Waals surface area (Å²) in [6.45, 7) is 6.49. The second-order valence-electron chi connectivity index (χ2n) is 9.53. The van der Waals surface area contributed by atoms with E-state index in [0.717, 1.165) is 76.6 Å². The van der Waals surface area contributed by atoms with Gasteiger partial charge in [0.05, 0.1) is 18.1 Å². The molecule has 29 heavy (non-hydrogen) atoms. The number of rotatable bonds is 7. The predicted molar refractivity (Wildman–Crippen MR) is 118 cm³/mol. The van der Waals surface area contributed by atoms with Gasteiger partial charge in [-0.15, -0.1) is 0 Å². The van der Waals surface area contributed by atoms with Gasteiger partial charge in [0.1, 0.15) is 0 Å². The molecule has 6 nitrogen and oxygen atoms in total. The van der Waals surface area contributed by atoms with Gasteiger partial charge >= 0.3 is 0 Å². The van der Waals surface area contributed by atoms with Crippen LogP contribution in [0.25, 0.3) is 0 Å². The molecule has 1 aliphatic heterocycles. The smallest absolute Gasteiger partial charge is 0.230 e. The summed E-state index contributed by atoms with van der Waals surface area (Å²) >= 11 is 0. The van der Waals surface area contributed by atoms with Gasteiger partial charge in [-0.05, 0) is 51.4 Å². The Hall–Kier alpha value is -1.30. The molecule has 1 amide bonds. The number of amides is 1. The maximum atomic E-state index is 12.8. The zero-order valence-corrected chi connectivity index (χ0v) is 18.9. The summed E-state index contributed by atoms with van der Waals surface area (Å²) in [5.41, 5.74) is -0.299. The van der Waals surface area contributed by atoms with E-state index < -0.39 is 0 Å². The summed E-state index contributed by atoms with van der Waals surface area (Å²) in [6.07, 6.45) is 12.2. The van der Waals surface area contributed by atoms with Gasteiger partial charge in [0.2, 0.25) is 5.91 Å². The van der Waals surface area contributed by atoms with Crippen molar-refractivity contribution in [3.63, 3.8) is 0 Å². The van der Waals surface area contributed by atoms with Gasteiger partial charge in [-0.1, -0.05) is 25.7 Å². The quantitative estimate of drug-likeness (QED) is 0.521. The molecule has 2 aliphatic carbocycles. The van der Waals surface area contributed by atoms with E-state index in [9.17, 15) is 4.79 Å². The fourth-order valence-corrected chi connectivity index (χ4v) is 5.30. The minimum atomic E-state index is -0.299. The predicted octanol–water partition coefficient (Wildman–Crippen LogP) is 3.27. The highest BCUT2D eigenvalue weighted by Crippen LogP contribution is 2.40. The second kappa shape index (κ2) is 10.6. The molecule has 0 bridgehead atoms. The number of guanidine groups is 1. The molecule has 1 N–H and O–H groups in total. The van der Waals surface area contributed by atoms with Crippen molar-refractivity contribution in [2.45, 2.75) is 77.2 Å². The fraction of sp³-hybridized carbons (Fsp3) is 0.913. The number of piperidine rings is 1. The molecule has 6 heteroatoms. The first-order valence-electron chi connectivity index (χ1n) is 11.9. The van der Waals surface area contributed by atoms with Crippen LogP contribution >= 0.6 is 0 Å². The molecule has 0 unspecified atom stereocenters.